The Kier molecular flexibility index (Phi) is 6.87. The van der Waals surface area contributed by atoms with Crippen molar-refractivity contribution in [2.24, 2.45) is 0 Å². The van der Waals surface area contributed by atoms with Crippen LogP contribution in [-0.4, -0.2) is 28.4 Å². The van der Waals surface area contributed by atoms with Gasteiger partial charge in [-0.25, -0.2) is 9.97 Å². The topological polar surface area (TPSA) is 54.9 Å². The number of nitrogens with one attached hydrogen (secondary N) is 1. The second-order valence-corrected chi connectivity index (χ2v) is 12.7. The van der Waals surface area contributed by atoms with Gasteiger partial charge in [0.1, 0.15) is 5.82 Å². The second kappa shape index (κ2) is 9.23. The largest absolute Gasteiger partial charge is 0.306 e. The molecule has 0 saturated carbocycles. The zero-order chi connectivity index (χ0) is 20.5. The fourth-order valence-corrected chi connectivity index (χ4v) is 10.2. The van der Waals surface area contributed by atoms with Gasteiger partial charge >= 0.3 is 0 Å². The monoisotopic (exact) mass is 495 g/mol. The number of carbonyl (C=O) groups excluding carboxylic acids is 1. The first-order valence-corrected chi connectivity index (χ1v) is 14.3. The Balaban J connectivity index is 1.47. The van der Waals surface area contributed by atoms with Crippen LogP contribution in [-0.2, 0) is 4.79 Å². The summed E-state index contributed by atoms with van der Waals surface area (Å²) in [4.78, 5) is 22.5. The third-order valence-electron chi connectivity index (χ3n) is 4.02. The summed E-state index contributed by atoms with van der Waals surface area (Å²) in [7, 11) is 0. The van der Waals surface area contributed by atoms with Crippen molar-refractivity contribution in [1.82, 2.24) is 9.97 Å². The van der Waals surface area contributed by atoms with Gasteiger partial charge in [0, 0.05) is 11.1 Å². The number of aryl methyl sites for hydroxylation is 2. The van der Waals surface area contributed by atoms with Crippen molar-refractivity contribution in [1.29, 1.82) is 0 Å². The molecule has 1 amide bonds. The van der Waals surface area contributed by atoms with E-state index in [0.717, 1.165) is 16.6 Å². The van der Waals surface area contributed by atoms with Crippen LogP contribution >= 0.6 is 70.6 Å². The van der Waals surface area contributed by atoms with Crippen LogP contribution in [0.1, 0.15) is 11.3 Å². The number of hydrogen-bond acceptors (Lipinski definition) is 9. The second-order valence-electron chi connectivity index (χ2n) is 6.07. The van der Waals surface area contributed by atoms with Crippen LogP contribution in [0.25, 0.3) is 11.0 Å². The lowest BCUT2D eigenvalue weighted by Crippen LogP contribution is -2.13. The lowest BCUT2D eigenvalue weighted by molar-refractivity contribution is -0.112. The minimum absolute atomic E-state index is 0.134. The molecule has 4 rings (SSSR count). The molecule has 2 aliphatic rings. The zero-order valence-electron chi connectivity index (χ0n) is 16.1. The van der Waals surface area contributed by atoms with E-state index in [-0.39, 0.29) is 5.91 Å². The molecule has 0 atom stereocenters. The predicted octanol–water partition coefficient (Wildman–Crippen LogP) is 6.97. The number of aromatic nitrogens is 2. The van der Waals surface area contributed by atoms with Crippen molar-refractivity contribution in [3.8, 4) is 0 Å². The SMILES string of the molecule is CSC1=C(SC)SC(=C2SC=C(C(=O)Nc3ccc4c(C)cc(C)nc4n3)S2)S1. The van der Waals surface area contributed by atoms with Crippen LogP contribution < -0.4 is 5.32 Å². The number of fused-ring (bicyclic) bond motifs is 1. The van der Waals surface area contributed by atoms with E-state index >= 15 is 0 Å². The number of nitrogens with zero attached hydrogens (tertiary/aromatic N) is 2. The quantitative estimate of drug-likeness (QED) is 0.484. The lowest BCUT2D eigenvalue weighted by atomic mass is 10.1. The van der Waals surface area contributed by atoms with Gasteiger partial charge < -0.3 is 5.32 Å². The van der Waals surface area contributed by atoms with Crippen LogP contribution in [0.15, 0.2) is 45.5 Å². The molecule has 0 bridgehead atoms. The molecule has 4 heterocycles. The smallest absolute Gasteiger partial charge is 0.264 e. The third-order valence-corrected chi connectivity index (χ3v) is 12.1. The molecular weight excluding hydrogens is 479 g/mol. The van der Waals surface area contributed by atoms with Crippen molar-refractivity contribution in [2.45, 2.75) is 13.8 Å². The molecule has 4 nitrogen and oxygen atoms in total. The first-order valence-electron chi connectivity index (χ1n) is 8.51. The average molecular weight is 496 g/mol. The summed E-state index contributed by atoms with van der Waals surface area (Å²) < 4.78 is 5.09. The van der Waals surface area contributed by atoms with Crippen LogP contribution in [0.5, 0.6) is 0 Å². The summed E-state index contributed by atoms with van der Waals surface area (Å²) in [5.41, 5.74) is 2.71. The fraction of sp³-hybridized carbons (Fsp3) is 0.211. The molecule has 2 aliphatic heterocycles. The molecule has 0 saturated heterocycles. The van der Waals surface area contributed by atoms with Gasteiger partial charge in [0.05, 0.1) is 21.9 Å². The van der Waals surface area contributed by atoms with Crippen LogP contribution in [0.2, 0.25) is 0 Å². The zero-order valence-corrected chi connectivity index (χ0v) is 21.0. The van der Waals surface area contributed by atoms with Gasteiger partial charge in [-0.3, -0.25) is 4.79 Å². The van der Waals surface area contributed by atoms with Crippen LogP contribution in [0.4, 0.5) is 5.82 Å². The summed E-state index contributed by atoms with van der Waals surface area (Å²) >= 11 is 10.3. The molecule has 29 heavy (non-hydrogen) atoms. The van der Waals surface area contributed by atoms with Crippen molar-refractivity contribution < 1.29 is 4.79 Å². The van der Waals surface area contributed by atoms with Crippen molar-refractivity contribution >= 4 is 93.3 Å². The van der Waals surface area contributed by atoms with Crippen molar-refractivity contribution in [3.05, 3.63) is 56.7 Å². The highest BCUT2D eigenvalue weighted by Gasteiger charge is 2.28. The average Bonchev–Trinajstić information content (AvgIpc) is 3.34. The molecule has 150 valence electrons. The van der Waals surface area contributed by atoms with E-state index in [1.807, 2.05) is 37.5 Å². The molecule has 1 N–H and O–H groups in total. The number of anilines is 1. The third kappa shape index (κ3) is 4.67. The van der Waals surface area contributed by atoms with Gasteiger partial charge in [0.2, 0.25) is 0 Å². The number of pyridine rings is 2. The van der Waals surface area contributed by atoms with Gasteiger partial charge in [0.25, 0.3) is 5.91 Å². The summed E-state index contributed by atoms with van der Waals surface area (Å²) in [5.74, 6) is 0.388. The molecule has 2 aromatic heterocycles. The summed E-state index contributed by atoms with van der Waals surface area (Å²) in [6, 6.07) is 5.83. The van der Waals surface area contributed by atoms with E-state index in [0.29, 0.717) is 16.4 Å². The maximum Gasteiger partial charge on any atom is 0.264 e. The van der Waals surface area contributed by atoms with Gasteiger partial charge in [-0.2, -0.15) is 0 Å². The van der Waals surface area contributed by atoms with E-state index in [2.05, 4.69) is 27.8 Å². The van der Waals surface area contributed by atoms with Gasteiger partial charge in [-0.15, -0.1) is 23.5 Å². The normalized spacial score (nSPS) is 16.8. The Morgan fingerprint density at radius 2 is 1.72 bits per heavy atom. The molecule has 0 spiro atoms. The fourth-order valence-electron chi connectivity index (χ4n) is 2.73. The van der Waals surface area contributed by atoms with Crippen molar-refractivity contribution in [3.63, 3.8) is 0 Å². The molecule has 0 radical (unpaired) electrons. The van der Waals surface area contributed by atoms with Gasteiger partial charge in [-0.05, 0) is 55.5 Å². The van der Waals surface area contributed by atoms with Gasteiger partial charge in [-0.1, -0.05) is 47.0 Å². The van der Waals surface area contributed by atoms with E-state index < -0.39 is 0 Å². The summed E-state index contributed by atoms with van der Waals surface area (Å²) in [5, 5.41) is 5.84. The standard InChI is InChI=1S/C19H17N3OS6/c1-9-7-10(2)20-14-11(9)5-6-13(21-14)22-15(23)12-8-26-18(27-12)19-28-16(24-3)17(25-4)29-19/h5-8H,1-4H3,(H,20,21,22,23). The Morgan fingerprint density at radius 3 is 2.41 bits per heavy atom. The number of carbonyl (C=O) groups is 1. The number of rotatable bonds is 4. The Morgan fingerprint density at radius 1 is 1.00 bits per heavy atom. The van der Waals surface area contributed by atoms with Gasteiger partial charge in [0.15, 0.2) is 5.65 Å². The Bertz CT molecular complexity index is 1090. The first kappa shape index (κ1) is 21.6. The van der Waals surface area contributed by atoms with E-state index in [1.54, 1.807) is 58.8 Å². The van der Waals surface area contributed by atoms with E-state index in [1.165, 1.54) is 28.7 Å². The van der Waals surface area contributed by atoms with Crippen LogP contribution in [0.3, 0.4) is 0 Å². The molecular formula is C19H17N3OS6. The highest BCUT2D eigenvalue weighted by molar-refractivity contribution is 8.42. The van der Waals surface area contributed by atoms with E-state index in [4.69, 9.17) is 0 Å². The highest BCUT2D eigenvalue weighted by Crippen LogP contribution is 2.61. The lowest BCUT2D eigenvalue weighted by Gasteiger charge is -2.08. The Hall–Kier alpha value is -0.650. The first-order chi connectivity index (χ1) is 14.0. The molecule has 0 fully saturated rings. The summed E-state index contributed by atoms with van der Waals surface area (Å²) in [6.07, 6.45) is 4.21. The Labute approximate surface area is 195 Å². The van der Waals surface area contributed by atoms with Crippen molar-refractivity contribution in [2.75, 3.05) is 17.8 Å². The number of hydrogen-bond donors (Lipinski definition) is 1. The maximum absolute atomic E-state index is 12.8. The minimum Gasteiger partial charge on any atom is -0.306 e. The summed E-state index contributed by atoms with van der Waals surface area (Å²) in [6.45, 7) is 3.99. The predicted molar refractivity (Wildman–Crippen MR) is 137 cm³/mol. The number of amides is 1. The highest BCUT2D eigenvalue weighted by atomic mass is 32.3. The minimum atomic E-state index is -0.134. The maximum atomic E-state index is 12.8. The molecule has 0 aromatic carbocycles. The van der Waals surface area contributed by atoms with Crippen LogP contribution in [0, 0.1) is 13.8 Å². The number of thioether (sulfide) groups is 6. The van der Waals surface area contributed by atoms with E-state index in [9.17, 15) is 4.79 Å². The molecule has 0 unspecified atom stereocenters. The molecule has 2 aromatic rings. The molecule has 10 heteroatoms. The molecule has 0 aliphatic carbocycles.